The number of amides is 1. The van der Waals surface area contributed by atoms with Crippen molar-refractivity contribution in [2.45, 2.75) is 40.2 Å². The summed E-state index contributed by atoms with van der Waals surface area (Å²) in [5.41, 5.74) is 2.01. The van der Waals surface area contributed by atoms with Crippen LogP contribution in [-0.4, -0.2) is 16.9 Å². The number of rotatable bonds is 3. The van der Waals surface area contributed by atoms with Crippen LogP contribution < -0.4 is 10.6 Å². The number of hydrogen-bond donors (Lipinski definition) is 2. The molecule has 0 saturated heterocycles. The Kier molecular flexibility index (Phi) is 2.61. The van der Waals surface area contributed by atoms with Crippen LogP contribution in [0.1, 0.15) is 33.3 Å². The standard InChI is InChI=1S/C15H19N3O3/c1-14(2)13(15(14,3)4)17-10-7-9-8(6-12(19)16-9)5-11(10)18(20)21/h5,7,13,17H,6H2,1-4H3,(H,16,19). The second kappa shape index (κ2) is 3.96. The Morgan fingerprint density at radius 1 is 1.29 bits per heavy atom. The molecule has 1 aliphatic heterocycles. The van der Waals surface area contributed by atoms with Crippen molar-refractivity contribution in [1.82, 2.24) is 0 Å². The van der Waals surface area contributed by atoms with Crippen LogP contribution in [0.25, 0.3) is 0 Å². The number of fused-ring (bicyclic) bond motifs is 1. The summed E-state index contributed by atoms with van der Waals surface area (Å²) in [6.45, 7) is 8.58. The fourth-order valence-electron chi connectivity index (χ4n) is 3.24. The first-order valence-electron chi connectivity index (χ1n) is 7.02. The number of anilines is 2. The smallest absolute Gasteiger partial charge is 0.292 e. The van der Waals surface area contributed by atoms with E-state index in [2.05, 4.69) is 38.3 Å². The molecule has 1 fully saturated rings. The summed E-state index contributed by atoms with van der Waals surface area (Å²) in [5.74, 6) is -0.122. The number of carbonyl (C=O) groups excluding carboxylic acids is 1. The molecular weight excluding hydrogens is 270 g/mol. The van der Waals surface area contributed by atoms with E-state index in [-0.39, 0.29) is 34.9 Å². The summed E-state index contributed by atoms with van der Waals surface area (Å²) in [7, 11) is 0. The second-order valence-electron chi connectivity index (χ2n) is 7.03. The predicted octanol–water partition coefficient (Wildman–Crippen LogP) is 2.94. The van der Waals surface area contributed by atoms with Gasteiger partial charge in [-0.1, -0.05) is 27.7 Å². The Morgan fingerprint density at radius 3 is 2.43 bits per heavy atom. The number of nitro benzene ring substituents is 1. The molecule has 2 N–H and O–H groups in total. The summed E-state index contributed by atoms with van der Waals surface area (Å²) >= 11 is 0. The maximum Gasteiger partial charge on any atom is 0.292 e. The normalized spacial score (nSPS) is 21.6. The van der Waals surface area contributed by atoms with E-state index in [0.29, 0.717) is 16.9 Å². The first kappa shape index (κ1) is 13.9. The van der Waals surface area contributed by atoms with Crippen LogP contribution in [0.4, 0.5) is 17.1 Å². The summed E-state index contributed by atoms with van der Waals surface area (Å²) in [5, 5.41) is 17.3. The van der Waals surface area contributed by atoms with Gasteiger partial charge in [0.15, 0.2) is 0 Å². The lowest BCUT2D eigenvalue weighted by molar-refractivity contribution is -0.384. The van der Waals surface area contributed by atoms with E-state index in [9.17, 15) is 14.9 Å². The van der Waals surface area contributed by atoms with Crippen LogP contribution in [0.2, 0.25) is 0 Å². The van der Waals surface area contributed by atoms with Crippen LogP contribution in [0.15, 0.2) is 12.1 Å². The highest BCUT2D eigenvalue weighted by molar-refractivity contribution is 6.00. The molecule has 1 aromatic carbocycles. The van der Waals surface area contributed by atoms with Gasteiger partial charge in [0.25, 0.3) is 5.69 Å². The lowest BCUT2D eigenvalue weighted by Crippen LogP contribution is -2.12. The SMILES string of the molecule is CC1(C)C(Nc2cc3c(cc2[N+](=O)[O-])CC(=O)N3)C1(C)C. The molecule has 0 bridgehead atoms. The maximum absolute atomic E-state index is 11.4. The zero-order valence-electron chi connectivity index (χ0n) is 12.6. The van der Waals surface area contributed by atoms with Gasteiger partial charge in [-0.15, -0.1) is 0 Å². The van der Waals surface area contributed by atoms with Gasteiger partial charge < -0.3 is 10.6 Å². The van der Waals surface area contributed by atoms with Gasteiger partial charge in [0.1, 0.15) is 5.69 Å². The third kappa shape index (κ3) is 1.89. The van der Waals surface area contributed by atoms with Crippen LogP contribution in [0, 0.1) is 20.9 Å². The van der Waals surface area contributed by atoms with E-state index < -0.39 is 4.92 Å². The van der Waals surface area contributed by atoms with E-state index in [1.54, 1.807) is 6.07 Å². The maximum atomic E-state index is 11.4. The molecular formula is C15H19N3O3. The molecule has 6 nitrogen and oxygen atoms in total. The highest BCUT2D eigenvalue weighted by atomic mass is 16.6. The van der Waals surface area contributed by atoms with Crippen molar-refractivity contribution >= 4 is 23.0 Å². The Balaban J connectivity index is 1.97. The predicted molar refractivity (Wildman–Crippen MR) is 80.4 cm³/mol. The first-order valence-corrected chi connectivity index (χ1v) is 7.02. The minimum Gasteiger partial charge on any atom is -0.376 e. The highest BCUT2D eigenvalue weighted by Crippen LogP contribution is 2.64. The molecule has 112 valence electrons. The number of nitrogens with one attached hydrogen (secondary N) is 2. The minimum absolute atomic E-state index is 0.0312. The largest absolute Gasteiger partial charge is 0.376 e. The van der Waals surface area contributed by atoms with Crippen molar-refractivity contribution in [3.8, 4) is 0 Å². The first-order chi connectivity index (χ1) is 9.64. The molecule has 0 unspecified atom stereocenters. The summed E-state index contributed by atoms with van der Waals surface area (Å²) < 4.78 is 0. The van der Waals surface area contributed by atoms with Crippen molar-refractivity contribution in [3.63, 3.8) is 0 Å². The minimum atomic E-state index is -0.395. The van der Waals surface area contributed by atoms with Crippen LogP contribution in [0.3, 0.4) is 0 Å². The van der Waals surface area contributed by atoms with Crippen molar-refractivity contribution < 1.29 is 9.72 Å². The van der Waals surface area contributed by atoms with Crippen molar-refractivity contribution in [2.24, 2.45) is 10.8 Å². The number of hydrogen-bond acceptors (Lipinski definition) is 4. The third-order valence-electron chi connectivity index (χ3n) is 5.36. The Labute approximate surface area is 123 Å². The van der Waals surface area contributed by atoms with E-state index >= 15 is 0 Å². The van der Waals surface area contributed by atoms with Crippen molar-refractivity contribution in [3.05, 3.63) is 27.8 Å². The second-order valence-corrected chi connectivity index (χ2v) is 7.03. The quantitative estimate of drug-likeness (QED) is 0.662. The number of benzene rings is 1. The van der Waals surface area contributed by atoms with Crippen molar-refractivity contribution in [2.75, 3.05) is 10.6 Å². The Hall–Kier alpha value is -2.11. The highest BCUT2D eigenvalue weighted by Gasteiger charge is 2.65. The average molecular weight is 289 g/mol. The lowest BCUT2D eigenvalue weighted by atomic mass is 10.0. The Bertz CT molecular complexity index is 650. The molecule has 0 aromatic heterocycles. The fraction of sp³-hybridized carbons (Fsp3) is 0.533. The molecule has 1 saturated carbocycles. The van der Waals surface area contributed by atoms with Gasteiger partial charge in [-0.3, -0.25) is 14.9 Å². The van der Waals surface area contributed by atoms with Crippen LogP contribution >= 0.6 is 0 Å². The molecule has 1 aromatic rings. The molecule has 1 amide bonds. The van der Waals surface area contributed by atoms with Gasteiger partial charge >= 0.3 is 0 Å². The number of nitro groups is 1. The molecule has 6 heteroatoms. The average Bonchev–Trinajstić information content (AvgIpc) is 2.67. The zero-order valence-corrected chi connectivity index (χ0v) is 12.6. The number of nitrogens with zero attached hydrogens (tertiary/aromatic N) is 1. The van der Waals surface area contributed by atoms with Gasteiger partial charge in [0, 0.05) is 17.8 Å². The van der Waals surface area contributed by atoms with Gasteiger partial charge in [-0.2, -0.15) is 0 Å². The number of carbonyl (C=O) groups is 1. The molecule has 1 aliphatic carbocycles. The fourth-order valence-corrected chi connectivity index (χ4v) is 3.24. The molecule has 0 radical (unpaired) electrons. The molecule has 0 atom stereocenters. The summed E-state index contributed by atoms with van der Waals surface area (Å²) in [6, 6.07) is 3.35. The van der Waals surface area contributed by atoms with E-state index in [1.165, 1.54) is 6.07 Å². The van der Waals surface area contributed by atoms with Crippen LogP contribution in [0.5, 0.6) is 0 Å². The summed E-state index contributed by atoms with van der Waals surface area (Å²) in [6.07, 6.45) is 0.205. The van der Waals surface area contributed by atoms with Gasteiger partial charge in [0.05, 0.1) is 11.3 Å². The molecule has 1 heterocycles. The lowest BCUT2D eigenvalue weighted by Gasteiger charge is -2.11. The van der Waals surface area contributed by atoms with E-state index in [4.69, 9.17) is 0 Å². The third-order valence-corrected chi connectivity index (χ3v) is 5.36. The summed E-state index contributed by atoms with van der Waals surface area (Å²) in [4.78, 5) is 22.3. The molecule has 21 heavy (non-hydrogen) atoms. The van der Waals surface area contributed by atoms with Gasteiger partial charge in [-0.05, 0) is 22.5 Å². The van der Waals surface area contributed by atoms with Gasteiger partial charge in [0.2, 0.25) is 5.91 Å². The zero-order chi connectivity index (χ0) is 15.6. The van der Waals surface area contributed by atoms with Crippen molar-refractivity contribution in [1.29, 1.82) is 0 Å². The molecule has 0 spiro atoms. The topological polar surface area (TPSA) is 84.3 Å². The van der Waals surface area contributed by atoms with E-state index in [0.717, 1.165) is 0 Å². The van der Waals surface area contributed by atoms with Gasteiger partial charge in [-0.25, -0.2) is 0 Å². The molecule has 2 aliphatic rings. The monoisotopic (exact) mass is 289 g/mol. The van der Waals surface area contributed by atoms with Crippen LogP contribution in [-0.2, 0) is 11.2 Å². The van der Waals surface area contributed by atoms with E-state index in [1.807, 2.05) is 0 Å². The molecule has 3 rings (SSSR count). The Morgan fingerprint density at radius 2 is 1.90 bits per heavy atom.